The van der Waals surface area contributed by atoms with Crippen LogP contribution < -0.4 is 5.32 Å². The molecule has 0 saturated carbocycles. The highest BCUT2D eigenvalue weighted by Gasteiger charge is 2.45. The fraction of sp³-hybridized carbons (Fsp3) is 0.500. The van der Waals surface area contributed by atoms with E-state index in [4.69, 9.17) is 9.90 Å². The van der Waals surface area contributed by atoms with Crippen LogP contribution in [-0.4, -0.2) is 58.6 Å². The summed E-state index contributed by atoms with van der Waals surface area (Å²) >= 11 is 0. The van der Waals surface area contributed by atoms with Crippen LogP contribution in [0.2, 0.25) is 0 Å². The number of alkyl halides is 3. The molecule has 0 atom stereocenters. The van der Waals surface area contributed by atoms with Gasteiger partial charge in [-0.15, -0.1) is 0 Å². The fourth-order valence-electron chi connectivity index (χ4n) is 2.98. The van der Waals surface area contributed by atoms with Gasteiger partial charge in [-0.1, -0.05) is 6.07 Å². The average molecular weight is 373 g/mol. The Kier molecular flexibility index (Phi) is 5.83. The van der Waals surface area contributed by atoms with Crippen molar-refractivity contribution in [3.8, 4) is 0 Å². The van der Waals surface area contributed by atoms with Gasteiger partial charge in [0.2, 0.25) is 5.91 Å². The number of amides is 2. The molecule has 26 heavy (non-hydrogen) atoms. The number of nitrogens with one attached hydrogen (secondary N) is 1. The lowest BCUT2D eigenvalue weighted by atomic mass is 9.77. The standard InChI is InChI=1S/C14H17N3O2.C2HF3O2/c18-12(11-3-1-2-7-15-11)17-9-5-14(6-10-17)4-8-16-13(14)19;3-2(4,5)1(6)7/h1-3,7H,4-6,8-10H2,(H,16,19);(H,6,7). The molecule has 0 aliphatic carbocycles. The van der Waals surface area contributed by atoms with Gasteiger partial charge in [0, 0.05) is 25.8 Å². The molecule has 2 aliphatic heterocycles. The fourth-order valence-corrected chi connectivity index (χ4v) is 2.98. The van der Waals surface area contributed by atoms with Crippen molar-refractivity contribution in [3.05, 3.63) is 30.1 Å². The van der Waals surface area contributed by atoms with Crippen LogP contribution in [-0.2, 0) is 9.59 Å². The predicted octanol–water partition coefficient (Wildman–Crippen LogP) is 1.46. The van der Waals surface area contributed by atoms with E-state index in [-0.39, 0.29) is 17.2 Å². The summed E-state index contributed by atoms with van der Waals surface area (Å²) in [6.07, 6.45) is -1.03. The number of carboxylic acid groups (broad SMARTS) is 1. The number of carbonyl (C=O) groups is 3. The Labute approximate surface area is 147 Å². The summed E-state index contributed by atoms with van der Waals surface area (Å²) in [7, 11) is 0. The van der Waals surface area contributed by atoms with Crippen molar-refractivity contribution in [1.29, 1.82) is 0 Å². The van der Waals surface area contributed by atoms with Crippen LogP contribution in [0.4, 0.5) is 13.2 Å². The first-order valence-electron chi connectivity index (χ1n) is 7.94. The highest BCUT2D eigenvalue weighted by Crippen LogP contribution is 2.38. The zero-order chi connectivity index (χ0) is 19.4. The van der Waals surface area contributed by atoms with Gasteiger partial charge < -0.3 is 15.3 Å². The molecule has 3 heterocycles. The topological polar surface area (TPSA) is 99.6 Å². The molecule has 2 aliphatic rings. The molecular formula is C16H18F3N3O4. The largest absolute Gasteiger partial charge is 0.490 e. The number of nitrogens with zero attached hydrogens (tertiary/aromatic N) is 2. The number of hydrogen-bond acceptors (Lipinski definition) is 4. The van der Waals surface area contributed by atoms with Crippen molar-refractivity contribution in [2.45, 2.75) is 25.4 Å². The minimum atomic E-state index is -5.08. The molecule has 0 unspecified atom stereocenters. The first-order valence-corrected chi connectivity index (χ1v) is 7.94. The zero-order valence-corrected chi connectivity index (χ0v) is 13.8. The molecule has 0 bridgehead atoms. The number of likely N-dealkylation sites (tertiary alicyclic amines) is 1. The molecule has 2 N–H and O–H groups in total. The van der Waals surface area contributed by atoms with Gasteiger partial charge in [0.1, 0.15) is 5.69 Å². The number of carboxylic acids is 1. The Morgan fingerprint density at radius 3 is 2.23 bits per heavy atom. The molecule has 142 valence electrons. The summed E-state index contributed by atoms with van der Waals surface area (Å²) < 4.78 is 31.7. The quantitative estimate of drug-likeness (QED) is 0.776. The van der Waals surface area contributed by atoms with Gasteiger partial charge in [-0.25, -0.2) is 4.79 Å². The number of aliphatic carboxylic acids is 1. The van der Waals surface area contributed by atoms with Crippen LogP contribution in [0.3, 0.4) is 0 Å². The third-order valence-electron chi connectivity index (χ3n) is 4.51. The summed E-state index contributed by atoms with van der Waals surface area (Å²) in [5.74, 6) is -2.63. The molecule has 1 aromatic heterocycles. The molecule has 0 radical (unpaired) electrons. The summed E-state index contributed by atoms with van der Waals surface area (Å²) in [6.45, 7) is 2.05. The molecule has 3 rings (SSSR count). The Hall–Kier alpha value is -2.65. The minimum Gasteiger partial charge on any atom is -0.475 e. The van der Waals surface area contributed by atoms with Crippen molar-refractivity contribution in [2.24, 2.45) is 5.41 Å². The lowest BCUT2D eigenvalue weighted by Crippen LogP contribution is -2.46. The minimum absolute atomic E-state index is 0.0335. The van der Waals surface area contributed by atoms with Crippen LogP contribution in [0.15, 0.2) is 24.4 Å². The summed E-state index contributed by atoms with van der Waals surface area (Å²) in [6, 6.07) is 5.34. The Morgan fingerprint density at radius 2 is 1.81 bits per heavy atom. The second-order valence-electron chi connectivity index (χ2n) is 6.10. The third kappa shape index (κ3) is 4.50. The van der Waals surface area contributed by atoms with Gasteiger partial charge in [0.05, 0.1) is 5.41 Å². The Balaban J connectivity index is 0.000000298. The maximum atomic E-state index is 12.2. The summed E-state index contributed by atoms with van der Waals surface area (Å²) in [4.78, 5) is 38.9. The molecule has 7 nitrogen and oxygen atoms in total. The third-order valence-corrected chi connectivity index (χ3v) is 4.51. The first kappa shape index (κ1) is 19.7. The van der Waals surface area contributed by atoms with Crippen molar-refractivity contribution >= 4 is 17.8 Å². The van der Waals surface area contributed by atoms with E-state index in [1.54, 1.807) is 23.2 Å². The lowest BCUT2D eigenvalue weighted by Gasteiger charge is -2.37. The summed E-state index contributed by atoms with van der Waals surface area (Å²) in [5, 5.41) is 10.0. The van der Waals surface area contributed by atoms with Gasteiger partial charge in [-0.3, -0.25) is 14.6 Å². The van der Waals surface area contributed by atoms with Gasteiger partial charge in [-0.05, 0) is 31.4 Å². The van der Waals surface area contributed by atoms with E-state index in [9.17, 15) is 22.8 Å². The van der Waals surface area contributed by atoms with Crippen LogP contribution in [0.1, 0.15) is 29.8 Å². The molecule has 2 saturated heterocycles. The van der Waals surface area contributed by atoms with E-state index in [0.29, 0.717) is 18.8 Å². The predicted molar refractivity (Wildman–Crippen MR) is 83.1 cm³/mol. The summed E-state index contributed by atoms with van der Waals surface area (Å²) in [5.41, 5.74) is 0.260. The maximum Gasteiger partial charge on any atom is 0.490 e. The number of halogens is 3. The van der Waals surface area contributed by atoms with Crippen LogP contribution in [0.25, 0.3) is 0 Å². The normalized spacial score (nSPS) is 18.7. The molecular weight excluding hydrogens is 355 g/mol. The number of pyridine rings is 1. The number of piperidine rings is 1. The van der Waals surface area contributed by atoms with Gasteiger partial charge in [0.15, 0.2) is 0 Å². The van der Waals surface area contributed by atoms with Crippen LogP contribution in [0, 0.1) is 5.41 Å². The van der Waals surface area contributed by atoms with E-state index in [1.165, 1.54) is 0 Å². The van der Waals surface area contributed by atoms with E-state index >= 15 is 0 Å². The molecule has 0 aromatic carbocycles. The second-order valence-corrected chi connectivity index (χ2v) is 6.10. The number of rotatable bonds is 1. The van der Waals surface area contributed by atoms with Gasteiger partial charge >= 0.3 is 12.1 Å². The lowest BCUT2D eigenvalue weighted by molar-refractivity contribution is -0.192. The van der Waals surface area contributed by atoms with E-state index < -0.39 is 12.1 Å². The molecule has 1 aromatic rings. The van der Waals surface area contributed by atoms with Crippen molar-refractivity contribution in [3.63, 3.8) is 0 Å². The highest BCUT2D eigenvalue weighted by atomic mass is 19.4. The van der Waals surface area contributed by atoms with Gasteiger partial charge in [0.25, 0.3) is 5.91 Å². The van der Waals surface area contributed by atoms with E-state index in [1.807, 2.05) is 6.07 Å². The average Bonchev–Trinajstić information content (AvgIpc) is 2.96. The number of hydrogen-bond donors (Lipinski definition) is 2. The van der Waals surface area contributed by atoms with Gasteiger partial charge in [-0.2, -0.15) is 13.2 Å². The van der Waals surface area contributed by atoms with Crippen molar-refractivity contribution < 1.29 is 32.7 Å². The Morgan fingerprint density at radius 1 is 1.19 bits per heavy atom. The molecule has 1 spiro atoms. The number of carbonyl (C=O) groups excluding carboxylic acids is 2. The molecule has 2 amide bonds. The highest BCUT2D eigenvalue weighted by molar-refractivity contribution is 5.92. The molecule has 10 heteroatoms. The smallest absolute Gasteiger partial charge is 0.475 e. The van der Waals surface area contributed by atoms with E-state index in [2.05, 4.69) is 10.3 Å². The maximum absolute atomic E-state index is 12.2. The Bertz CT molecular complexity index is 671. The number of aromatic nitrogens is 1. The zero-order valence-electron chi connectivity index (χ0n) is 13.8. The van der Waals surface area contributed by atoms with Crippen molar-refractivity contribution in [1.82, 2.24) is 15.2 Å². The van der Waals surface area contributed by atoms with Crippen molar-refractivity contribution in [2.75, 3.05) is 19.6 Å². The second kappa shape index (κ2) is 7.71. The first-order chi connectivity index (χ1) is 12.2. The monoisotopic (exact) mass is 373 g/mol. The van der Waals surface area contributed by atoms with E-state index in [0.717, 1.165) is 25.8 Å². The molecule has 2 fully saturated rings. The van der Waals surface area contributed by atoms with Crippen LogP contribution in [0.5, 0.6) is 0 Å². The SMILES string of the molecule is O=C(O)C(F)(F)F.O=C(c1ccccn1)N1CCC2(CCNC2=O)CC1. The van der Waals surface area contributed by atoms with Crippen LogP contribution >= 0.6 is 0 Å².